The summed E-state index contributed by atoms with van der Waals surface area (Å²) in [6.45, 7) is 3.74. The first-order chi connectivity index (χ1) is 10.5. The van der Waals surface area contributed by atoms with Crippen molar-refractivity contribution in [3.63, 3.8) is 0 Å². The molecule has 1 aromatic heterocycles. The van der Waals surface area contributed by atoms with Crippen molar-refractivity contribution in [2.24, 2.45) is 0 Å². The van der Waals surface area contributed by atoms with Crippen LogP contribution >= 0.6 is 0 Å². The van der Waals surface area contributed by atoms with E-state index in [0.29, 0.717) is 17.9 Å². The highest BCUT2D eigenvalue weighted by atomic mass is 32.2. The second kappa shape index (κ2) is 5.88. The molecule has 0 saturated carbocycles. The van der Waals surface area contributed by atoms with Crippen LogP contribution < -0.4 is 0 Å². The van der Waals surface area contributed by atoms with Gasteiger partial charge in [0.25, 0.3) is 0 Å². The van der Waals surface area contributed by atoms with E-state index in [0.717, 1.165) is 24.0 Å². The molecule has 0 radical (unpaired) electrons. The molecular weight excluding hydrogens is 298 g/mol. The summed E-state index contributed by atoms with van der Waals surface area (Å²) in [5.41, 5.74) is 4.96. The maximum Gasteiger partial charge on any atom is 0.158 e. The number of nitrogens with zero attached hydrogens (tertiary/aromatic N) is 1. The first-order valence-corrected chi connectivity index (χ1v) is 9.56. The number of aryl methyl sites for hydroxylation is 4. The minimum atomic E-state index is -3.23. The highest BCUT2D eigenvalue weighted by molar-refractivity contribution is 7.89. The van der Waals surface area contributed by atoms with Gasteiger partial charge in [0.15, 0.2) is 9.84 Å². The molecule has 0 bridgehead atoms. The third kappa shape index (κ3) is 3.09. The summed E-state index contributed by atoms with van der Waals surface area (Å²) in [6.07, 6.45) is 4.01. The lowest BCUT2D eigenvalue weighted by molar-refractivity contribution is 0.382. The molecule has 2 aromatic rings. The number of hydrogen-bond donors (Lipinski definition) is 0. The Morgan fingerprint density at radius 1 is 1.18 bits per heavy atom. The molecule has 0 amide bonds. The van der Waals surface area contributed by atoms with Gasteiger partial charge in [-0.25, -0.2) is 8.42 Å². The van der Waals surface area contributed by atoms with E-state index in [9.17, 15) is 8.42 Å². The van der Waals surface area contributed by atoms with Gasteiger partial charge in [-0.2, -0.15) is 0 Å². The van der Waals surface area contributed by atoms with Crippen LogP contribution in [0.2, 0.25) is 0 Å². The summed E-state index contributed by atoms with van der Waals surface area (Å²) < 4.78 is 30.2. The van der Waals surface area contributed by atoms with Crippen LogP contribution in [-0.2, 0) is 40.6 Å². The van der Waals surface area contributed by atoms with E-state index < -0.39 is 9.84 Å². The zero-order valence-electron chi connectivity index (χ0n) is 13.1. The molecule has 1 aliphatic carbocycles. The number of hydrogen-bond acceptors (Lipinski definition) is 4. The molecule has 1 aromatic carbocycles. The fourth-order valence-corrected chi connectivity index (χ4v) is 4.74. The van der Waals surface area contributed by atoms with E-state index in [1.165, 1.54) is 17.5 Å². The summed E-state index contributed by atoms with van der Waals surface area (Å²) >= 11 is 0. The van der Waals surface area contributed by atoms with Gasteiger partial charge in [-0.15, -0.1) is 0 Å². The van der Waals surface area contributed by atoms with E-state index in [2.05, 4.69) is 17.3 Å². The summed E-state index contributed by atoms with van der Waals surface area (Å²) in [4.78, 5) is 0. The summed E-state index contributed by atoms with van der Waals surface area (Å²) in [5.74, 6) is 0.756. The smallest absolute Gasteiger partial charge is 0.158 e. The van der Waals surface area contributed by atoms with E-state index in [-0.39, 0.29) is 11.5 Å². The Labute approximate surface area is 131 Å². The average molecular weight is 319 g/mol. The number of fused-ring (bicyclic) bond motifs is 1. The van der Waals surface area contributed by atoms with Crippen LogP contribution in [0, 0.1) is 6.92 Å². The lowest BCUT2D eigenvalue weighted by Crippen LogP contribution is -2.09. The molecule has 118 valence electrons. The Hall–Kier alpha value is -1.62. The maximum atomic E-state index is 12.5. The molecule has 1 aliphatic rings. The molecule has 1 heterocycles. The van der Waals surface area contributed by atoms with Crippen molar-refractivity contribution >= 4 is 9.84 Å². The monoisotopic (exact) mass is 319 g/mol. The number of rotatable bonds is 5. The van der Waals surface area contributed by atoms with Crippen molar-refractivity contribution in [2.45, 2.75) is 51.0 Å². The molecule has 22 heavy (non-hydrogen) atoms. The van der Waals surface area contributed by atoms with Crippen molar-refractivity contribution in [3.8, 4) is 0 Å². The van der Waals surface area contributed by atoms with Crippen LogP contribution in [0.15, 0.2) is 22.7 Å². The molecule has 0 aliphatic heterocycles. The minimum absolute atomic E-state index is 0.00257. The van der Waals surface area contributed by atoms with E-state index >= 15 is 0 Å². The van der Waals surface area contributed by atoms with Gasteiger partial charge in [-0.1, -0.05) is 30.3 Å². The molecule has 0 spiro atoms. The molecule has 5 heteroatoms. The van der Waals surface area contributed by atoms with Gasteiger partial charge in [-0.3, -0.25) is 0 Å². The van der Waals surface area contributed by atoms with Gasteiger partial charge in [-0.05, 0) is 42.9 Å². The van der Waals surface area contributed by atoms with Gasteiger partial charge < -0.3 is 4.52 Å². The molecule has 3 rings (SSSR count). The van der Waals surface area contributed by atoms with E-state index in [1.54, 1.807) is 6.92 Å². The quantitative estimate of drug-likeness (QED) is 0.849. The maximum absolute atomic E-state index is 12.5. The fraction of sp³-hybridized carbons (Fsp3) is 0.471. The van der Waals surface area contributed by atoms with Gasteiger partial charge in [0, 0.05) is 12.0 Å². The van der Waals surface area contributed by atoms with Crippen molar-refractivity contribution in [1.82, 2.24) is 5.16 Å². The summed E-state index contributed by atoms with van der Waals surface area (Å²) in [5, 5.41) is 3.89. The first kappa shape index (κ1) is 15.3. The van der Waals surface area contributed by atoms with E-state index in [1.807, 2.05) is 13.0 Å². The first-order valence-electron chi connectivity index (χ1n) is 7.73. The Kier molecular flexibility index (Phi) is 4.08. The van der Waals surface area contributed by atoms with Crippen LogP contribution in [0.4, 0.5) is 0 Å². The number of aromatic nitrogens is 1. The van der Waals surface area contributed by atoms with Crippen LogP contribution in [0.25, 0.3) is 0 Å². The SMILES string of the molecule is CCc1onc(C)c1CS(=O)(=O)Cc1ccc2c(c1)CCC2. The van der Waals surface area contributed by atoms with Crippen molar-refractivity contribution in [2.75, 3.05) is 0 Å². The molecule has 0 atom stereocenters. The van der Waals surface area contributed by atoms with Gasteiger partial charge in [0.2, 0.25) is 0 Å². The Balaban J connectivity index is 1.80. The van der Waals surface area contributed by atoms with Crippen molar-refractivity contribution < 1.29 is 12.9 Å². The van der Waals surface area contributed by atoms with Crippen LogP contribution in [0.1, 0.15) is 47.1 Å². The third-order valence-corrected chi connectivity index (χ3v) is 5.80. The summed E-state index contributed by atoms with van der Waals surface area (Å²) in [7, 11) is -3.23. The lowest BCUT2D eigenvalue weighted by Gasteiger charge is -2.07. The number of sulfone groups is 1. The highest BCUT2D eigenvalue weighted by Crippen LogP contribution is 2.25. The second-order valence-electron chi connectivity index (χ2n) is 6.01. The van der Waals surface area contributed by atoms with Crippen molar-refractivity contribution in [1.29, 1.82) is 0 Å². The highest BCUT2D eigenvalue weighted by Gasteiger charge is 2.21. The predicted octanol–water partition coefficient (Wildman–Crippen LogP) is 3.15. The van der Waals surface area contributed by atoms with Gasteiger partial charge >= 0.3 is 0 Å². The second-order valence-corrected chi connectivity index (χ2v) is 8.08. The molecule has 0 N–H and O–H groups in total. The Morgan fingerprint density at radius 2 is 1.95 bits per heavy atom. The largest absolute Gasteiger partial charge is 0.361 e. The standard InChI is InChI=1S/C17H21NO3S/c1-3-17-16(12(2)18-21-17)11-22(19,20)10-13-7-8-14-5-4-6-15(14)9-13/h7-9H,3-6,10-11H2,1-2H3. The predicted molar refractivity (Wildman–Crippen MR) is 85.4 cm³/mol. The van der Waals surface area contributed by atoms with E-state index in [4.69, 9.17) is 4.52 Å². The Morgan fingerprint density at radius 3 is 2.73 bits per heavy atom. The topological polar surface area (TPSA) is 60.2 Å². The summed E-state index contributed by atoms with van der Waals surface area (Å²) in [6, 6.07) is 6.08. The molecule has 0 saturated heterocycles. The van der Waals surface area contributed by atoms with Gasteiger partial charge in [0.1, 0.15) is 5.76 Å². The van der Waals surface area contributed by atoms with Crippen LogP contribution in [0.3, 0.4) is 0 Å². The average Bonchev–Trinajstić information content (AvgIpc) is 3.05. The zero-order chi connectivity index (χ0) is 15.7. The minimum Gasteiger partial charge on any atom is -0.361 e. The molecule has 4 nitrogen and oxygen atoms in total. The van der Waals surface area contributed by atoms with Crippen LogP contribution in [-0.4, -0.2) is 13.6 Å². The molecule has 0 unspecified atom stereocenters. The molecule has 0 fully saturated rings. The van der Waals surface area contributed by atoms with Crippen LogP contribution in [0.5, 0.6) is 0 Å². The fourth-order valence-electron chi connectivity index (χ4n) is 3.14. The molecular formula is C17H21NO3S. The third-order valence-electron chi connectivity index (χ3n) is 4.30. The Bertz CT molecular complexity index is 790. The number of benzene rings is 1. The van der Waals surface area contributed by atoms with Crippen molar-refractivity contribution in [3.05, 3.63) is 51.9 Å². The van der Waals surface area contributed by atoms with Gasteiger partial charge in [0.05, 0.1) is 17.2 Å². The lowest BCUT2D eigenvalue weighted by atomic mass is 10.1. The normalized spacial score (nSPS) is 14.3. The zero-order valence-corrected chi connectivity index (χ0v) is 13.9.